The van der Waals surface area contributed by atoms with Crippen molar-refractivity contribution in [3.8, 4) is 0 Å². The number of rotatable bonds is 3. The fourth-order valence-electron chi connectivity index (χ4n) is 2.04. The zero-order valence-electron chi connectivity index (χ0n) is 7.67. The maximum atomic E-state index is 10.9. The third-order valence-electron chi connectivity index (χ3n) is 2.93. The summed E-state index contributed by atoms with van der Waals surface area (Å²) in [5.41, 5.74) is -0.383. The van der Waals surface area contributed by atoms with Crippen molar-refractivity contribution in [3.63, 3.8) is 0 Å². The number of carboxylic acids is 1. The Morgan fingerprint density at radius 1 is 1.58 bits per heavy atom. The van der Waals surface area contributed by atoms with E-state index in [2.05, 4.69) is 0 Å². The summed E-state index contributed by atoms with van der Waals surface area (Å²) in [7, 11) is 0. The van der Waals surface area contributed by atoms with E-state index in [1.807, 2.05) is 13.8 Å². The van der Waals surface area contributed by atoms with E-state index in [1.54, 1.807) is 0 Å². The molecule has 1 N–H and O–H groups in total. The van der Waals surface area contributed by atoms with Crippen molar-refractivity contribution in [1.82, 2.24) is 0 Å². The van der Waals surface area contributed by atoms with E-state index in [1.165, 1.54) is 0 Å². The maximum absolute atomic E-state index is 10.9. The lowest BCUT2D eigenvalue weighted by Gasteiger charge is -2.29. The van der Waals surface area contributed by atoms with Gasteiger partial charge >= 0.3 is 5.97 Å². The first-order valence-electron chi connectivity index (χ1n) is 4.53. The van der Waals surface area contributed by atoms with E-state index in [0.29, 0.717) is 13.0 Å². The normalized spacial score (nSPS) is 27.3. The molecule has 0 radical (unpaired) electrons. The van der Waals surface area contributed by atoms with Gasteiger partial charge in [0.05, 0.1) is 11.5 Å². The van der Waals surface area contributed by atoms with Crippen molar-refractivity contribution in [2.75, 3.05) is 6.61 Å². The Balaban J connectivity index is 2.78. The summed E-state index contributed by atoms with van der Waals surface area (Å²) < 4.78 is 5.53. The number of hydrogen-bond acceptors (Lipinski definition) is 2. The lowest BCUT2D eigenvalue weighted by atomic mass is 9.83. The van der Waals surface area contributed by atoms with Crippen LogP contribution in [0.5, 0.6) is 0 Å². The van der Waals surface area contributed by atoms with Crippen molar-refractivity contribution in [1.29, 1.82) is 0 Å². The van der Waals surface area contributed by atoms with Crippen molar-refractivity contribution in [2.45, 2.75) is 38.7 Å². The van der Waals surface area contributed by atoms with E-state index < -0.39 is 5.97 Å². The largest absolute Gasteiger partial charge is 0.481 e. The molecule has 1 heterocycles. The Hall–Kier alpha value is -0.570. The Morgan fingerprint density at radius 3 is 2.50 bits per heavy atom. The molecule has 12 heavy (non-hydrogen) atoms. The van der Waals surface area contributed by atoms with Crippen LogP contribution in [0.25, 0.3) is 0 Å². The highest BCUT2D eigenvalue weighted by molar-refractivity contribution is 5.72. The molecule has 1 saturated heterocycles. The van der Waals surface area contributed by atoms with Gasteiger partial charge < -0.3 is 9.84 Å². The zero-order chi connectivity index (χ0) is 9.19. The van der Waals surface area contributed by atoms with Gasteiger partial charge in [0, 0.05) is 6.61 Å². The number of ether oxygens (including phenoxy) is 1. The summed E-state index contributed by atoms with van der Waals surface area (Å²) in [6.07, 6.45) is 2.25. The van der Waals surface area contributed by atoms with E-state index in [-0.39, 0.29) is 11.5 Å². The van der Waals surface area contributed by atoms with Gasteiger partial charge in [0.15, 0.2) is 0 Å². The molecule has 1 fully saturated rings. The minimum Gasteiger partial charge on any atom is -0.481 e. The Morgan fingerprint density at radius 2 is 2.17 bits per heavy atom. The lowest BCUT2D eigenvalue weighted by molar-refractivity contribution is -0.148. The van der Waals surface area contributed by atoms with Gasteiger partial charge in [-0.05, 0) is 19.3 Å². The van der Waals surface area contributed by atoms with Crippen LogP contribution in [0.3, 0.4) is 0 Å². The Bertz CT molecular complexity index is 173. The predicted octanol–water partition coefficient (Wildman–Crippen LogP) is 1.67. The molecule has 0 aromatic rings. The van der Waals surface area contributed by atoms with Crippen LogP contribution < -0.4 is 0 Å². The average Bonchev–Trinajstić information content (AvgIpc) is 2.48. The zero-order valence-corrected chi connectivity index (χ0v) is 7.67. The topological polar surface area (TPSA) is 46.5 Å². The van der Waals surface area contributed by atoms with Gasteiger partial charge in [-0.25, -0.2) is 0 Å². The second-order valence-electron chi connectivity index (χ2n) is 3.30. The maximum Gasteiger partial charge on any atom is 0.309 e. The Labute approximate surface area is 72.7 Å². The standard InChI is InChI=1S/C9H16O3/c1-3-9(4-2)7(8(10)11)5-6-12-9/h7H,3-6H2,1-2H3,(H,10,11). The van der Waals surface area contributed by atoms with E-state index in [0.717, 1.165) is 12.8 Å². The fourth-order valence-corrected chi connectivity index (χ4v) is 2.04. The molecule has 0 aromatic heterocycles. The van der Waals surface area contributed by atoms with Crippen LogP contribution >= 0.6 is 0 Å². The van der Waals surface area contributed by atoms with Gasteiger partial charge in [-0.15, -0.1) is 0 Å². The van der Waals surface area contributed by atoms with Crippen molar-refractivity contribution < 1.29 is 14.6 Å². The SMILES string of the molecule is CCC1(CC)OCCC1C(=O)O. The van der Waals surface area contributed by atoms with Crippen molar-refractivity contribution >= 4 is 5.97 Å². The summed E-state index contributed by atoms with van der Waals surface area (Å²) >= 11 is 0. The van der Waals surface area contributed by atoms with Gasteiger partial charge in [0.25, 0.3) is 0 Å². The third-order valence-corrected chi connectivity index (χ3v) is 2.93. The van der Waals surface area contributed by atoms with Crippen molar-refractivity contribution in [2.24, 2.45) is 5.92 Å². The second kappa shape index (κ2) is 3.44. The number of carbonyl (C=O) groups is 1. The predicted molar refractivity (Wildman–Crippen MR) is 45.0 cm³/mol. The van der Waals surface area contributed by atoms with Crippen LogP contribution in [-0.4, -0.2) is 23.3 Å². The molecule has 1 aliphatic heterocycles. The lowest BCUT2D eigenvalue weighted by Crippen LogP contribution is -2.38. The van der Waals surface area contributed by atoms with Crippen LogP contribution in [0.1, 0.15) is 33.1 Å². The highest BCUT2D eigenvalue weighted by Gasteiger charge is 2.45. The molecule has 70 valence electrons. The van der Waals surface area contributed by atoms with E-state index in [9.17, 15) is 4.79 Å². The highest BCUT2D eigenvalue weighted by atomic mass is 16.5. The van der Waals surface area contributed by atoms with Gasteiger partial charge in [0.2, 0.25) is 0 Å². The van der Waals surface area contributed by atoms with Gasteiger partial charge in [-0.3, -0.25) is 4.79 Å². The van der Waals surface area contributed by atoms with Crippen LogP contribution in [0.2, 0.25) is 0 Å². The summed E-state index contributed by atoms with van der Waals surface area (Å²) in [4.78, 5) is 10.9. The molecule has 1 unspecified atom stereocenters. The third kappa shape index (κ3) is 1.33. The fraction of sp³-hybridized carbons (Fsp3) is 0.889. The van der Waals surface area contributed by atoms with Crippen LogP contribution in [0.4, 0.5) is 0 Å². The molecular weight excluding hydrogens is 156 g/mol. The minimum atomic E-state index is -0.712. The number of hydrogen-bond donors (Lipinski definition) is 1. The van der Waals surface area contributed by atoms with Crippen molar-refractivity contribution in [3.05, 3.63) is 0 Å². The second-order valence-corrected chi connectivity index (χ2v) is 3.30. The highest BCUT2D eigenvalue weighted by Crippen LogP contribution is 2.37. The summed E-state index contributed by atoms with van der Waals surface area (Å²) in [6, 6.07) is 0. The molecule has 1 atom stereocenters. The molecule has 0 saturated carbocycles. The van der Waals surface area contributed by atoms with E-state index >= 15 is 0 Å². The number of carboxylic acid groups (broad SMARTS) is 1. The van der Waals surface area contributed by atoms with E-state index in [4.69, 9.17) is 9.84 Å². The first-order chi connectivity index (χ1) is 5.66. The Kier molecular flexibility index (Phi) is 2.73. The molecule has 0 aromatic carbocycles. The van der Waals surface area contributed by atoms with Gasteiger partial charge in [0.1, 0.15) is 0 Å². The molecule has 0 amide bonds. The molecule has 3 nitrogen and oxygen atoms in total. The summed E-state index contributed by atoms with van der Waals surface area (Å²) in [5, 5.41) is 8.93. The first kappa shape index (κ1) is 9.52. The first-order valence-corrected chi connectivity index (χ1v) is 4.53. The molecule has 3 heteroatoms. The minimum absolute atomic E-state index is 0.299. The average molecular weight is 172 g/mol. The smallest absolute Gasteiger partial charge is 0.309 e. The van der Waals surface area contributed by atoms with Crippen LogP contribution in [0, 0.1) is 5.92 Å². The molecular formula is C9H16O3. The number of aliphatic carboxylic acids is 1. The van der Waals surface area contributed by atoms with Gasteiger partial charge in [-0.2, -0.15) is 0 Å². The molecule has 0 spiro atoms. The van der Waals surface area contributed by atoms with Gasteiger partial charge in [-0.1, -0.05) is 13.8 Å². The molecule has 0 bridgehead atoms. The molecule has 1 aliphatic rings. The summed E-state index contributed by atoms with van der Waals surface area (Å²) in [6.45, 7) is 4.58. The monoisotopic (exact) mass is 172 g/mol. The van der Waals surface area contributed by atoms with Crippen LogP contribution in [-0.2, 0) is 9.53 Å². The van der Waals surface area contributed by atoms with Crippen LogP contribution in [0.15, 0.2) is 0 Å². The summed E-state index contributed by atoms with van der Waals surface area (Å²) in [5.74, 6) is -1.01. The molecule has 0 aliphatic carbocycles. The quantitative estimate of drug-likeness (QED) is 0.704. The molecule has 1 rings (SSSR count).